The molecule has 0 aromatic heterocycles. The minimum absolute atomic E-state index is 0.104. The zero-order valence-electron chi connectivity index (χ0n) is 10.3. The van der Waals surface area contributed by atoms with Gasteiger partial charge in [0.15, 0.2) is 5.60 Å². The van der Waals surface area contributed by atoms with Gasteiger partial charge < -0.3 is 25.8 Å². The Bertz CT molecular complexity index is 525. The van der Waals surface area contributed by atoms with Crippen LogP contribution in [0.15, 0.2) is 24.3 Å². The summed E-state index contributed by atoms with van der Waals surface area (Å²) in [6, 6.07) is 5.68. The Morgan fingerprint density at radius 3 is 2.10 bits per heavy atom. The number of aliphatic hydroxyl groups is 1. The van der Waals surface area contributed by atoms with Crippen molar-refractivity contribution in [2.75, 3.05) is 5.73 Å². The molecule has 0 radical (unpaired) electrons. The van der Waals surface area contributed by atoms with Crippen LogP contribution in [-0.4, -0.2) is 38.8 Å². The van der Waals surface area contributed by atoms with Crippen molar-refractivity contribution in [2.45, 2.75) is 18.4 Å². The average Bonchev–Trinajstić information content (AvgIpc) is 2.30. The standard InChI is InChI=1S/C12H13NO7/c13-7-1-3-8(4-2-7)20-10(16)6-12(19,11(17)18)5-9(14)15/h1-4,19H,5-6,13H2,(H,14,15)(H,17,18). The molecule has 1 rings (SSSR count). The first-order valence-corrected chi connectivity index (χ1v) is 5.47. The molecule has 5 N–H and O–H groups in total. The lowest BCUT2D eigenvalue weighted by molar-refractivity contribution is -0.169. The van der Waals surface area contributed by atoms with Crippen molar-refractivity contribution < 1.29 is 34.4 Å². The molecule has 8 heteroatoms. The topological polar surface area (TPSA) is 147 Å². The maximum Gasteiger partial charge on any atom is 0.336 e. The predicted octanol–water partition coefficient (Wildman–Crippen LogP) is -0.145. The lowest BCUT2D eigenvalue weighted by Gasteiger charge is -2.20. The minimum Gasteiger partial charge on any atom is -0.481 e. The zero-order chi connectivity index (χ0) is 15.3. The molecule has 0 aliphatic carbocycles. The van der Waals surface area contributed by atoms with E-state index in [1.54, 1.807) is 0 Å². The van der Waals surface area contributed by atoms with Crippen LogP contribution in [0.3, 0.4) is 0 Å². The Balaban J connectivity index is 2.74. The monoisotopic (exact) mass is 283 g/mol. The lowest BCUT2D eigenvalue weighted by Crippen LogP contribution is -2.43. The second-order valence-corrected chi connectivity index (χ2v) is 4.13. The van der Waals surface area contributed by atoms with E-state index >= 15 is 0 Å². The van der Waals surface area contributed by atoms with Crippen molar-refractivity contribution in [2.24, 2.45) is 0 Å². The van der Waals surface area contributed by atoms with E-state index in [9.17, 15) is 19.5 Å². The number of benzene rings is 1. The summed E-state index contributed by atoms with van der Waals surface area (Å²) in [5.74, 6) is -4.32. The van der Waals surface area contributed by atoms with Gasteiger partial charge in [-0.2, -0.15) is 0 Å². The molecule has 0 fully saturated rings. The Morgan fingerprint density at radius 2 is 1.65 bits per heavy atom. The Morgan fingerprint density at radius 1 is 1.10 bits per heavy atom. The zero-order valence-corrected chi connectivity index (χ0v) is 10.3. The average molecular weight is 283 g/mol. The molecule has 0 saturated heterocycles. The number of anilines is 1. The number of carbonyl (C=O) groups is 3. The molecule has 0 aliphatic heterocycles. The molecule has 0 spiro atoms. The van der Waals surface area contributed by atoms with Crippen molar-refractivity contribution in [1.29, 1.82) is 0 Å². The van der Waals surface area contributed by atoms with Gasteiger partial charge in [-0.05, 0) is 24.3 Å². The van der Waals surface area contributed by atoms with Crippen LogP contribution < -0.4 is 10.5 Å². The van der Waals surface area contributed by atoms with Crippen molar-refractivity contribution in [1.82, 2.24) is 0 Å². The number of carboxylic acid groups (broad SMARTS) is 2. The Labute approximate surface area is 113 Å². The van der Waals surface area contributed by atoms with E-state index in [2.05, 4.69) is 0 Å². The second kappa shape index (κ2) is 6.02. The number of ether oxygens (including phenoxy) is 1. The van der Waals surface area contributed by atoms with Crippen molar-refractivity contribution in [3.05, 3.63) is 24.3 Å². The first-order chi connectivity index (χ1) is 9.23. The van der Waals surface area contributed by atoms with E-state index in [0.29, 0.717) is 5.69 Å². The predicted molar refractivity (Wildman–Crippen MR) is 65.9 cm³/mol. The molecule has 0 saturated carbocycles. The van der Waals surface area contributed by atoms with Crippen molar-refractivity contribution >= 4 is 23.6 Å². The van der Waals surface area contributed by atoms with Crippen LogP contribution in [-0.2, 0) is 14.4 Å². The lowest BCUT2D eigenvalue weighted by atomic mass is 9.96. The summed E-state index contributed by atoms with van der Waals surface area (Å²) in [6.45, 7) is 0. The van der Waals surface area contributed by atoms with Gasteiger partial charge in [0.05, 0.1) is 12.8 Å². The summed E-state index contributed by atoms with van der Waals surface area (Å²) in [5, 5.41) is 27.0. The minimum atomic E-state index is -2.71. The number of carbonyl (C=O) groups excluding carboxylic acids is 1. The number of carboxylic acids is 2. The Hall–Kier alpha value is -2.61. The molecular formula is C12H13NO7. The van der Waals surface area contributed by atoms with Gasteiger partial charge in [-0.1, -0.05) is 0 Å². The van der Waals surface area contributed by atoms with Gasteiger partial charge in [-0.3, -0.25) is 9.59 Å². The van der Waals surface area contributed by atoms with Crippen LogP contribution in [0.25, 0.3) is 0 Å². The summed E-state index contributed by atoms with van der Waals surface area (Å²) in [6.07, 6.45) is -2.10. The van der Waals surface area contributed by atoms with Crippen molar-refractivity contribution in [3.63, 3.8) is 0 Å². The molecule has 1 unspecified atom stereocenters. The third-order valence-corrected chi connectivity index (χ3v) is 2.39. The number of hydrogen-bond acceptors (Lipinski definition) is 6. The summed E-state index contributed by atoms with van der Waals surface area (Å²) >= 11 is 0. The summed E-state index contributed by atoms with van der Waals surface area (Å²) in [5.41, 5.74) is 3.16. The van der Waals surface area contributed by atoms with E-state index in [0.717, 1.165) is 0 Å². The first-order valence-electron chi connectivity index (χ1n) is 5.47. The molecule has 20 heavy (non-hydrogen) atoms. The molecule has 1 aromatic carbocycles. The maximum absolute atomic E-state index is 11.5. The molecule has 8 nitrogen and oxygen atoms in total. The molecule has 0 amide bonds. The van der Waals surface area contributed by atoms with E-state index in [4.69, 9.17) is 20.7 Å². The van der Waals surface area contributed by atoms with E-state index in [1.165, 1.54) is 24.3 Å². The fraction of sp³-hybridized carbons (Fsp3) is 0.250. The summed E-state index contributed by atoms with van der Waals surface area (Å²) < 4.78 is 4.79. The largest absolute Gasteiger partial charge is 0.481 e. The smallest absolute Gasteiger partial charge is 0.336 e. The normalized spacial score (nSPS) is 13.2. The number of hydrogen-bond donors (Lipinski definition) is 4. The van der Waals surface area contributed by atoms with Crippen LogP contribution in [0.5, 0.6) is 5.75 Å². The van der Waals surface area contributed by atoms with Gasteiger partial charge in [0.2, 0.25) is 0 Å². The van der Waals surface area contributed by atoms with Gasteiger partial charge in [0, 0.05) is 5.69 Å². The number of aliphatic carboxylic acids is 2. The molecule has 0 bridgehead atoms. The first kappa shape index (κ1) is 15.4. The number of esters is 1. The van der Waals surface area contributed by atoms with Crippen LogP contribution in [0, 0.1) is 0 Å². The van der Waals surface area contributed by atoms with Crippen LogP contribution in [0.2, 0.25) is 0 Å². The van der Waals surface area contributed by atoms with E-state index in [1.807, 2.05) is 0 Å². The third-order valence-electron chi connectivity index (χ3n) is 2.39. The molecule has 1 aromatic rings. The molecule has 0 heterocycles. The molecule has 1 atom stereocenters. The van der Waals surface area contributed by atoms with Crippen LogP contribution >= 0.6 is 0 Å². The fourth-order valence-corrected chi connectivity index (χ4v) is 1.41. The van der Waals surface area contributed by atoms with Gasteiger partial charge in [-0.15, -0.1) is 0 Å². The van der Waals surface area contributed by atoms with Crippen molar-refractivity contribution in [3.8, 4) is 5.75 Å². The van der Waals surface area contributed by atoms with E-state index < -0.39 is 36.4 Å². The van der Waals surface area contributed by atoms with Gasteiger partial charge >= 0.3 is 17.9 Å². The number of rotatable bonds is 6. The third kappa shape index (κ3) is 4.25. The van der Waals surface area contributed by atoms with Gasteiger partial charge in [-0.25, -0.2) is 4.79 Å². The van der Waals surface area contributed by atoms with Crippen LogP contribution in [0.4, 0.5) is 5.69 Å². The second-order valence-electron chi connectivity index (χ2n) is 4.13. The van der Waals surface area contributed by atoms with Gasteiger partial charge in [0.1, 0.15) is 5.75 Å². The van der Waals surface area contributed by atoms with E-state index in [-0.39, 0.29) is 5.75 Å². The number of nitrogens with two attached hydrogens (primary N) is 1. The highest BCUT2D eigenvalue weighted by molar-refractivity contribution is 5.89. The fourth-order valence-electron chi connectivity index (χ4n) is 1.41. The Kier molecular flexibility index (Phi) is 4.65. The quantitative estimate of drug-likeness (QED) is 0.320. The highest BCUT2D eigenvalue weighted by Crippen LogP contribution is 2.19. The molecular weight excluding hydrogens is 270 g/mol. The summed E-state index contributed by atoms with van der Waals surface area (Å²) in [4.78, 5) is 32.9. The summed E-state index contributed by atoms with van der Waals surface area (Å²) in [7, 11) is 0. The molecule has 108 valence electrons. The molecule has 0 aliphatic rings. The highest BCUT2D eigenvalue weighted by Gasteiger charge is 2.41. The SMILES string of the molecule is Nc1ccc(OC(=O)CC(O)(CC(=O)O)C(=O)O)cc1. The van der Waals surface area contributed by atoms with Crippen LogP contribution in [0.1, 0.15) is 12.8 Å². The van der Waals surface area contributed by atoms with Gasteiger partial charge in [0.25, 0.3) is 0 Å². The highest BCUT2D eigenvalue weighted by atomic mass is 16.5. The number of nitrogen functional groups attached to an aromatic ring is 1. The maximum atomic E-state index is 11.5.